The number of nitrogens with one attached hydrogen (secondary N) is 2. The molecule has 0 spiro atoms. The number of ether oxygens (including phenoxy) is 5. The molecule has 5 aliphatic rings. The Kier molecular flexibility index (Phi) is 17.3. The average molecular weight is 836 g/mol. The molecule has 19 nitrogen and oxygen atoms in total. The Bertz CT molecular complexity index is 1610. The molecule has 19 heteroatoms. The van der Waals surface area contributed by atoms with E-state index in [1.165, 1.54) is 12.5 Å². The van der Waals surface area contributed by atoms with Crippen molar-refractivity contribution in [3.8, 4) is 0 Å². The average Bonchev–Trinajstić information content (AvgIpc) is 3.73. The van der Waals surface area contributed by atoms with Crippen LogP contribution in [0.2, 0.25) is 0 Å². The third-order valence-electron chi connectivity index (χ3n) is 11.0. The third-order valence-corrected chi connectivity index (χ3v) is 11.0. The van der Waals surface area contributed by atoms with Gasteiger partial charge in [-0.3, -0.25) is 10.3 Å². The number of aliphatic carboxylic acids is 1. The van der Waals surface area contributed by atoms with Gasteiger partial charge in [0.15, 0.2) is 18.4 Å². The molecule has 3 heterocycles. The Morgan fingerprint density at radius 1 is 1.08 bits per heavy atom. The molecule has 1 saturated heterocycles. The number of rotatable bonds is 18. The maximum Gasteiger partial charge on any atom is 0.339 e. The van der Waals surface area contributed by atoms with Gasteiger partial charge in [-0.2, -0.15) is 0 Å². The second kappa shape index (κ2) is 22.1. The first-order chi connectivity index (χ1) is 28.4. The summed E-state index contributed by atoms with van der Waals surface area (Å²) < 4.78 is 30.1. The van der Waals surface area contributed by atoms with E-state index in [-0.39, 0.29) is 68.5 Å². The van der Waals surface area contributed by atoms with Gasteiger partial charge in [0.1, 0.15) is 18.3 Å². The predicted octanol–water partition coefficient (Wildman–Crippen LogP) is -0.454. The molecule has 0 radical (unpaired) electrons. The number of guanidine groups is 1. The zero-order chi connectivity index (χ0) is 42.5. The Balaban J connectivity index is 1.62. The SMILES string of the molecule is CNCO[C@H]1[C@H](O[C@@H]2OC=C(C(=O)OC3CCCC3)[C@@H](/C=C/C3=C(NC(N)=NCCCO)C(C(=O)O)=CN(CCO)C3)[C@H]2C=C2CCCCC2)O[C@H](CO)[C@@H](O)C1(O)O. The maximum absolute atomic E-state index is 14.1. The zero-order valence-corrected chi connectivity index (χ0v) is 33.5. The summed E-state index contributed by atoms with van der Waals surface area (Å²) in [6.07, 6.45) is 7.73. The van der Waals surface area contributed by atoms with Crippen molar-refractivity contribution in [1.29, 1.82) is 0 Å². The van der Waals surface area contributed by atoms with Gasteiger partial charge in [0.2, 0.25) is 12.1 Å². The first-order valence-corrected chi connectivity index (χ1v) is 20.4. The van der Waals surface area contributed by atoms with Crippen LogP contribution in [0.4, 0.5) is 0 Å². The molecule has 5 rings (SSSR count). The van der Waals surface area contributed by atoms with Gasteiger partial charge in [-0.1, -0.05) is 30.2 Å². The number of aliphatic imine (C=N–C) groups is 1. The molecule has 330 valence electrons. The van der Waals surface area contributed by atoms with Gasteiger partial charge in [-0.15, -0.1) is 0 Å². The highest BCUT2D eigenvalue weighted by Gasteiger charge is 2.57. The van der Waals surface area contributed by atoms with Crippen molar-refractivity contribution in [2.24, 2.45) is 22.6 Å². The van der Waals surface area contributed by atoms with E-state index in [2.05, 4.69) is 15.6 Å². The van der Waals surface area contributed by atoms with Crippen LogP contribution in [0, 0.1) is 11.8 Å². The number of carbonyl (C=O) groups is 2. The van der Waals surface area contributed by atoms with Crippen molar-refractivity contribution >= 4 is 17.9 Å². The van der Waals surface area contributed by atoms with Gasteiger partial charge < -0.3 is 75.4 Å². The first kappa shape index (κ1) is 46.2. The monoisotopic (exact) mass is 835 g/mol. The fourth-order valence-corrected chi connectivity index (χ4v) is 7.93. The normalized spacial score (nSPS) is 29.3. The van der Waals surface area contributed by atoms with Crippen LogP contribution >= 0.6 is 0 Å². The molecular formula is C40H61N5O14. The maximum atomic E-state index is 14.1. The highest BCUT2D eigenvalue weighted by atomic mass is 16.8. The van der Waals surface area contributed by atoms with Crippen LogP contribution in [0.15, 0.2) is 63.7 Å². The molecule has 3 fully saturated rings. The fraction of sp³-hybridized carbons (Fsp3) is 0.675. The molecule has 0 unspecified atom stereocenters. The number of nitrogens with zero attached hydrogens (tertiary/aromatic N) is 2. The molecule has 7 atom stereocenters. The summed E-state index contributed by atoms with van der Waals surface area (Å²) in [5.41, 5.74) is 7.81. The lowest BCUT2D eigenvalue weighted by Gasteiger charge is -2.47. The Morgan fingerprint density at radius 3 is 2.49 bits per heavy atom. The van der Waals surface area contributed by atoms with Gasteiger partial charge in [-0.05, 0) is 70.4 Å². The van der Waals surface area contributed by atoms with E-state index in [1.807, 2.05) is 6.08 Å². The quantitative estimate of drug-likeness (QED) is 0.0209. The fourth-order valence-electron chi connectivity index (χ4n) is 7.93. The van der Waals surface area contributed by atoms with E-state index in [0.29, 0.717) is 24.8 Å². The lowest BCUT2D eigenvalue weighted by molar-refractivity contribution is -0.410. The molecule has 2 saturated carbocycles. The number of carboxylic acids is 1. The number of carbonyl (C=O) groups excluding carboxylic acids is 1. The summed E-state index contributed by atoms with van der Waals surface area (Å²) in [6.45, 7) is -0.935. The lowest BCUT2D eigenvalue weighted by atomic mass is 9.80. The van der Waals surface area contributed by atoms with E-state index < -0.39 is 67.1 Å². The van der Waals surface area contributed by atoms with Crippen molar-refractivity contribution in [2.45, 2.75) is 107 Å². The minimum atomic E-state index is -2.93. The lowest BCUT2D eigenvalue weighted by Crippen LogP contribution is -2.69. The number of β-amino-alcohol motifs (C(OH)–C–C–N with tert-alkyl or cyclic N) is 1. The van der Waals surface area contributed by atoms with Gasteiger partial charge in [0.05, 0.1) is 49.0 Å². The molecule has 0 aromatic rings. The minimum absolute atomic E-state index is 0.0834. The van der Waals surface area contributed by atoms with Gasteiger partial charge >= 0.3 is 11.9 Å². The molecule has 2 aliphatic carbocycles. The van der Waals surface area contributed by atoms with Crippen LogP contribution in [0.3, 0.4) is 0 Å². The largest absolute Gasteiger partial charge is 0.478 e. The topological polar surface area (TPSA) is 288 Å². The van der Waals surface area contributed by atoms with Crippen LogP contribution in [0.5, 0.6) is 0 Å². The Hall–Kier alpha value is -3.89. The van der Waals surface area contributed by atoms with E-state index in [0.717, 1.165) is 50.5 Å². The van der Waals surface area contributed by atoms with Crippen molar-refractivity contribution in [3.05, 3.63) is 58.7 Å². The van der Waals surface area contributed by atoms with Crippen LogP contribution in [-0.2, 0) is 33.3 Å². The smallest absolute Gasteiger partial charge is 0.339 e. The summed E-state index contributed by atoms with van der Waals surface area (Å²) in [5, 5.41) is 77.9. The molecule has 3 aliphatic heterocycles. The Morgan fingerprint density at radius 2 is 1.83 bits per heavy atom. The summed E-state index contributed by atoms with van der Waals surface area (Å²) >= 11 is 0. The number of hydrogen-bond acceptors (Lipinski definition) is 16. The number of nitrogens with two attached hydrogens (primary N) is 1. The summed E-state index contributed by atoms with van der Waals surface area (Å²) in [6, 6.07) is 0. The highest BCUT2D eigenvalue weighted by molar-refractivity contribution is 5.95. The number of aliphatic hydroxyl groups is 6. The van der Waals surface area contributed by atoms with Crippen molar-refractivity contribution in [3.63, 3.8) is 0 Å². The van der Waals surface area contributed by atoms with E-state index in [4.69, 9.17) is 29.4 Å². The zero-order valence-electron chi connectivity index (χ0n) is 33.5. The third kappa shape index (κ3) is 11.9. The van der Waals surface area contributed by atoms with Crippen molar-refractivity contribution < 1.29 is 69.0 Å². The molecule has 0 bridgehead atoms. The number of aliphatic hydroxyl groups excluding tert-OH is 4. The predicted molar refractivity (Wildman–Crippen MR) is 210 cm³/mol. The second-order valence-electron chi connectivity index (χ2n) is 15.3. The molecule has 0 aromatic carbocycles. The minimum Gasteiger partial charge on any atom is -0.478 e. The molecule has 59 heavy (non-hydrogen) atoms. The van der Waals surface area contributed by atoms with Crippen LogP contribution in [0.1, 0.15) is 64.2 Å². The van der Waals surface area contributed by atoms with Crippen LogP contribution in [-0.4, -0.2) is 155 Å². The standard InChI is InChI=1S/C40H61N5O14/c1-42-23-56-34-38(58-31(21-48)33(49)40(34,53)54)59-37-28(18-24-8-3-2-4-9-24)27(30(22-55-37)36(52)57-26-10-5-6-11-26)13-12-25-19-45(15-17-47)20-29(35(50)51)32(25)44-39(41)43-14-7-16-46/h12-13,18,20,22,26-28,31,33-34,37-38,42,46-49,53-54H,2-11,14-17,19,21,23H2,1H3,(H,50,51)(H3,41,43,44)/b13-12+/t27-,28+,31+,33+,34-,37-,38-/m0/s1. The van der Waals surface area contributed by atoms with E-state index in [9.17, 15) is 45.3 Å². The van der Waals surface area contributed by atoms with Gasteiger partial charge in [0.25, 0.3) is 0 Å². The summed E-state index contributed by atoms with van der Waals surface area (Å²) in [7, 11) is 1.56. The number of carboxylic acid groups (broad SMARTS) is 1. The van der Waals surface area contributed by atoms with Crippen molar-refractivity contribution in [2.75, 3.05) is 53.2 Å². The summed E-state index contributed by atoms with van der Waals surface area (Å²) in [4.78, 5) is 32.6. The Labute approximate surface area is 343 Å². The molecule has 0 amide bonds. The number of hydrogen-bond donors (Lipinski definition) is 10. The van der Waals surface area contributed by atoms with Gasteiger partial charge in [-0.25, -0.2) is 9.59 Å². The van der Waals surface area contributed by atoms with Crippen LogP contribution < -0.4 is 16.4 Å². The highest BCUT2D eigenvalue weighted by Crippen LogP contribution is 2.41. The second-order valence-corrected chi connectivity index (χ2v) is 15.3. The van der Waals surface area contributed by atoms with E-state index >= 15 is 0 Å². The number of allylic oxidation sites excluding steroid dienone is 2. The van der Waals surface area contributed by atoms with Crippen molar-refractivity contribution in [1.82, 2.24) is 15.5 Å². The molecular weight excluding hydrogens is 774 g/mol. The first-order valence-electron chi connectivity index (χ1n) is 20.4. The molecule has 0 aromatic heterocycles. The van der Waals surface area contributed by atoms with Crippen LogP contribution in [0.25, 0.3) is 0 Å². The summed E-state index contributed by atoms with van der Waals surface area (Å²) in [5.74, 6) is -6.55. The van der Waals surface area contributed by atoms with Gasteiger partial charge in [0, 0.05) is 38.4 Å². The van der Waals surface area contributed by atoms with E-state index in [1.54, 1.807) is 24.1 Å². The number of esters is 1. The molecule has 11 N–H and O–H groups in total.